The van der Waals surface area contributed by atoms with Gasteiger partial charge in [-0.3, -0.25) is 9.59 Å². The molecular formula is C19H22N2O3. The van der Waals surface area contributed by atoms with Crippen LogP contribution < -0.4 is 10.6 Å². The Hall–Kier alpha value is -2.66. The number of hydrogen-bond donors (Lipinski definition) is 3. The first-order valence-electron chi connectivity index (χ1n) is 7.82. The molecule has 24 heavy (non-hydrogen) atoms. The first kappa shape index (κ1) is 17.7. The molecular weight excluding hydrogens is 304 g/mol. The fourth-order valence-corrected chi connectivity index (χ4v) is 2.32. The summed E-state index contributed by atoms with van der Waals surface area (Å²) in [7, 11) is 0. The smallest absolute Gasteiger partial charge is 0.309 e. The Morgan fingerprint density at radius 2 is 1.54 bits per heavy atom. The number of aliphatic hydroxyl groups is 1. The zero-order chi connectivity index (χ0) is 17.6. The van der Waals surface area contributed by atoms with Crippen LogP contribution in [-0.2, 0) is 15.2 Å². The Morgan fingerprint density at radius 3 is 2.12 bits per heavy atom. The van der Waals surface area contributed by atoms with Gasteiger partial charge in [-0.15, -0.1) is 0 Å². The summed E-state index contributed by atoms with van der Waals surface area (Å²) in [5, 5.41) is 15.5. The third-order valence-corrected chi connectivity index (χ3v) is 3.84. The van der Waals surface area contributed by atoms with E-state index in [-0.39, 0.29) is 12.6 Å². The van der Waals surface area contributed by atoms with E-state index in [0.717, 1.165) is 5.56 Å². The van der Waals surface area contributed by atoms with Gasteiger partial charge in [-0.25, -0.2) is 0 Å². The maximum absolute atomic E-state index is 12.0. The number of amides is 2. The molecule has 5 heteroatoms. The van der Waals surface area contributed by atoms with Crippen LogP contribution in [0.5, 0.6) is 0 Å². The minimum Gasteiger partial charge on any atom is -0.384 e. The van der Waals surface area contributed by atoms with Gasteiger partial charge in [0.05, 0.1) is 12.6 Å². The summed E-state index contributed by atoms with van der Waals surface area (Å²) in [6.45, 7) is 3.34. The second kappa shape index (κ2) is 7.75. The molecule has 2 atom stereocenters. The van der Waals surface area contributed by atoms with E-state index in [4.69, 9.17) is 0 Å². The Bertz CT molecular complexity index is 684. The highest BCUT2D eigenvalue weighted by Crippen LogP contribution is 2.18. The molecule has 3 N–H and O–H groups in total. The van der Waals surface area contributed by atoms with Crippen molar-refractivity contribution in [2.45, 2.75) is 25.5 Å². The summed E-state index contributed by atoms with van der Waals surface area (Å²) in [4.78, 5) is 23.9. The van der Waals surface area contributed by atoms with E-state index in [1.807, 2.05) is 36.4 Å². The predicted molar refractivity (Wildman–Crippen MR) is 92.0 cm³/mol. The first-order chi connectivity index (χ1) is 11.4. The van der Waals surface area contributed by atoms with Gasteiger partial charge in [0.15, 0.2) is 0 Å². The van der Waals surface area contributed by atoms with Crippen LogP contribution in [0.1, 0.15) is 31.0 Å². The maximum atomic E-state index is 12.0. The zero-order valence-electron chi connectivity index (χ0n) is 13.8. The van der Waals surface area contributed by atoms with Crippen molar-refractivity contribution < 1.29 is 14.7 Å². The van der Waals surface area contributed by atoms with Crippen molar-refractivity contribution in [3.05, 3.63) is 71.8 Å². The van der Waals surface area contributed by atoms with E-state index in [0.29, 0.717) is 5.56 Å². The number of rotatable bonds is 5. The summed E-state index contributed by atoms with van der Waals surface area (Å²) in [5.74, 6) is -1.50. The van der Waals surface area contributed by atoms with Crippen LogP contribution >= 0.6 is 0 Å². The van der Waals surface area contributed by atoms with E-state index in [2.05, 4.69) is 10.6 Å². The summed E-state index contributed by atoms with van der Waals surface area (Å²) in [6.07, 6.45) is 0. The molecule has 0 aromatic heterocycles. The van der Waals surface area contributed by atoms with Gasteiger partial charge in [-0.1, -0.05) is 60.7 Å². The number of hydrogen-bond acceptors (Lipinski definition) is 3. The Morgan fingerprint density at radius 1 is 1.00 bits per heavy atom. The lowest BCUT2D eigenvalue weighted by molar-refractivity contribution is -0.140. The van der Waals surface area contributed by atoms with Crippen molar-refractivity contribution in [1.82, 2.24) is 10.6 Å². The normalized spacial score (nSPS) is 14.3. The molecule has 0 saturated carbocycles. The average Bonchev–Trinajstić information content (AvgIpc) is 2.61. The zero-order valence-corrected chi connectivity index (χ0v) is 13.8. The molecule has 0 aliphatic carbocycles. The molecule has 0 bridgehead atoms. The number of nitrogens with one attached hydrogen (secondary N) is 2. The second-order valence-electron chi connectivity index (χ2n) is 5.93. The summed E-state index contributed by atoms with van der Waals surface area (Å²) in [6, 6.07) is 18.1. The molecule has 0 aliphatic rings. The van der Waals surface area contributed by atoms with Crippen molar-refractivity contribution in [1.29, 1.82) is 0 Å². The summed E-state index contributed by atoms with van der Waals surface area (Å²) in [5.41, 5.74) is 0.334. The quantitative estimate of drug-likeness (QED) is 0.734. The number of carbonyl (C=O) groups excluding carboxylic acids is 2. The van der Waals surface area contributed by atoms with E-state index in [9.17, 15) is 14.7 Å². The highest BCUT2D eigenvalue weighted by atomic mass is 16.3. The lowest BCUT2D eigenvalue weighted by Crippen LogP contribution is -2.45. The third-order valence-electron chi connectivity index (χ3n) is 3.84. The summed E-state index contributed by atoms with van der Waals surface area (Å²) < 4.78 is 0. The van der Waals surface area contributed by atoms with Crippen molar-refractivity contribution in [3.8, 4) is 0 Å². The molecule has 0 heterocycles. The molecule has 2 aromatic rings. The monoisotopic (exact) mass is 326 g/mol. The van der Waals surface area contributed by atoms with Crippen molar-refractivity contribution in [2.24, 2.45) is 0 Å². The number of carbonyl (C=O) groups is 2. The van der Waals surface area contributed by atoms with Crippen molar-refractivity contribution >= 4 is 11.8 Å². The van der Waals surface area contributed by atoms with Gasteiger partial charge < -0.3 is 15.7 Å². The molecule has 2 rings (SSSR count). The molecule has 0 aliphatic heterocycles. The second-order valence-corrected chi connectivity index (χ2v) is 5.93. The minimum absolute atomic E-state index is 0.0526. The standard InChI is InChI=1S/C19H22N2O3/c1-14(15-9-5-3-6-10-15)21-18(23)17(22)20-13-19(2,24)16-11-7-4-8-12-16/h3-12,14,24H,13H2,1-2H3,(H,20,22)(H,21,23)/t14-,19+/m0/s1. The minimum atomic E-state index is -1.25. The van der Waals surface area contributed by atoms with Crippen LogP contribution in [0.3, 0.4) is 0 Å². The fraction of sp³-hybridized carbons (Fsp3) is 0.263. The molecule has 0 fully saturated rings. The lowest BCUT2D eigenvalue weighted by atomic mass is 9.96. The largest absolute Gasteiger partial charge is 0.384 e. The predicted octanol–water partition coefficient (Wildman–Crippen LogP) is 1.89. The first-order valence-corrected chi connectivity index (χ1v) is 7.82. The molecule has 2 amide bonds. The SMILES string of the molecule is C[C@H](NC(=O)C(=O)NC[C@@](C)(O)c1ccccc1)c1ccccc1. The van der Waals surface area contributed by atoms with Crippen LogP contribution in [0.15, 0.2) is 60.7 Å². The van der Waals surface area contributed by atoms with Crippen LogP contribution in [0, 0.1) is 0 Å². The molecule has 0 saturated heterocycles. The van der Waals surface area contributed by atoms with Gasteiger partial charge in [0.1, 0.15) is 5.60 Å². The van der Waals surface area contributed by atoms with Gasteiger partial charge in [0.25, 0.3) is 0 Å². The van der Waals surface area contributed by atoms with Crippen LogP contribution in [0.25, 0.3) is 0 Å². The Balaban J connectivity index is 1.89. The average molecular weight is 326 g/mol. The van der Waals surface area contributed by atoms with Crippen molar-refractivity contribution in [3.63, 3.8) is 0 Å². The van der Waals surface area contributed by atoms with Crippen molar-refractivity contribution in [2.75, 3.05) is 6.54 Å². The molecule has 2 aromatic carbocycles. The molecule has 0 radical (unpaired) electrons. The Kier molecular flexibility index (Phi) is 5.71. The Labute approximate surface area is 141 Å². The van der Waals surface area contributed by atoms with Gasteiger partial charge in [-0.05, 0) is 25.0 Å². The van der Waals surface area contributed by atoms with E-state index < -0.39 is 17.4 Å². The third kappa shape index (κ3) is 4.67. The van der Waals surface area contributed by atoms with E-state index >= 15 is 0 Å². The van der Waals surface area contributed by atoms with Crippen LogP contribution in [0.4, 0.5) is 0 Å². The topological polar surface area (TPSA) is 78.4 Å². The summed E-state index contributed by atoms with van der Waals surface area (Å²) >= 11 is 0. The van der Waals surface area contributed by atoms with Gasteiger partial charge in [-0.2, -0.15) is 0 Å². The van der Waals surface area contributed by atoms with Crippen LogP contribution in [-0.4, -0.2) is 23.5 Å². The van der Waals surface area contributed by atoms with Gasteiger partial charge in [0, 0.05) is 0 Å². The fourth-order valence-electron chi connectivity index (χ4n) is 2.32. The molecule has 126 valence electrons. The highest BCUT2D eigenvalue weighted by Gasteiger charge is 2.25. The van der Waals surface area contributed by atoms with Crippen LogP contribution in [0.2, 0.25) is 0 Å². The highest BCUT2D eigenvalue weighted by molar-refractivity contribution is 6.35. The number of benzene rings is 2. The maximum Gasteiger partial charge on any atom is 0.309 e. The molecule has 0 spiro atoms. The van der Waals surface area contributed by atoms with E-state index in [1.165, 1.54) is 0 Å². The molecule has 5 nitrogen and oxygen atoms in total. The van der Waals surface area contributed by atoms with Gasteiger partial charge >= 0.3 is 11.8 Å². The molecule has 0 unspecified atom stereocenters. The lowest BCUT2D eigenvalue weighted by Gasteiger charge is -2.24. The van der Waals surface area contributed by atoms with Gasteiger partial charge in [0.2, 0.25) is 0 Å². The van der Waals surface area contributed by atoms with E-state index in [1.54, 1.807) is 38.1 Å².